The summed E-state index contributed by atoms with van der Waals surface area (Å²) in [5, 5.41) is 14.2. The molecule has 2 aromatic heterocycles. The number of Topliss-reactive ketones (excluding diaryl/α,β-unsaturated/α-hetero) is 1. The Morgan fingerprint density at radius 1 is 1.06 bits per heavy atom. The largest absolute Gasteiger partial charge is 1.00 e. The van der Waals surface area contributed by atoms with Crippen LogP contribution < -0.4 is 39.4 Å². The van der Waals surface area contributed by atoms with Crippen LogP contribution in [-0.2, 0) is 11.2 Å². The second-order valence-corrected chi connectivity index (χ2v) is 8.35. The molecule has 156 valence electrons. The molecule has 0 bridgehead atoms. The van der Waals surface area contributed by atoms with Gasteiger partial charge in [-0.25, -0.2) is 0 Å². The molecule has 0 spiro atoms. The molecule has 0 aliphatic heterocycles. The predicted molar refractivity (Wildman–Crippen MR) is 119 cm³/mol. The number of rotatable bonds is 7. The Balaban J connectivity index is 0.00000289. The van der Waals surface area contributed by atoms with E-state index in [1.165, 1.54) is 18.4 Å². The Labute approximate surface area is 215 Å². The van der Waals surface area contributed by atoms with Crippen molar-refractivity contribution < 1.29 is 49.0 Å². The summed E-state index contributed by atoms with van der Waals surface area (Å²) >= 11 is 2.33. The van der Waals surface area contributed by atoms with Gasteiger partial charge in [0.1, 0.15) is 16.8 Å². The van der Waals surface area contributed by atoms with Crippen molar-refractivity contribution in [2.45, 2.75) is 13.3 Å². The van der Waals surface area contributed by atoms with Crippen molar-refractivity contribution in [1.82, 2.24) is 8.75 Å². The zero-order valence-electron chi connectivity index (χ0n) is 17.7. The molecule has 0 fully saturated rings. The van der Waals surface area contributed by atoms with Gasteiger partial charge in [-0.15, -0.1) is 11.3 Å². The molecule has 32 heavy (non-hydrogen) atoms. The van der Waals surface area contributed by atoms with Crippen LogP contribution in [0.15, 0.2) is 59.5 Å². The number of fused-ring (bicyclic) bond motifs is 1. The van der Waals surface area contributed by atoms with Gasteiger partial charge in [0.15, 0.2) is 5.78 Å². The molecule has 0 saturated heterocycles. The van der Waals surface area contributed by atoms with Crippen LogP contribution in [0, 0.1) is 6.92 Å². The summed E-state index contributed by atoms with van der Waals surface area (Å²) in [6.45, 7) is 1.89. The Morgan fingerprint density at radius 2 is 1.81 bits per heavy atom. The molecule has 0 aliphatic carbocycles. The third-order valence-electron chi connectivity index (χ3n) is 4.84. The van der Waals surface area contributed by atoms with E-state index in [2.05, 4.69) is 8.75 Å². The minimum absolute atomic E-state index is 0. The van der Waals surface area contributed by atoms with E-state index in [9.17, 15) is 14.7 Å². The maximum absolute atomic E-state index is 13.5. The first-order valence-corrected chi connectivity index (χ1v) is 11.0. The number of allylic oxidation sites excluding steroid dienone is 1. The average Bonchev–Trinajstić information content (AvgIpc) is 3.41. The molecular weight excluding hydrogens is 455 g/mol. The monoisotopic (exact) mass is 472 g/mol. The number of hydrogen-bond donors (Lipinski definition) is 0. The SMILES string of the molecule is COc1ccccc1CC(C(=O)c1cc(C)cs1)=C(C(=O)[O-])c1ccc2nsnc2c1.[Na+]. The first-order valence-electron chi connectivity index (χ1n) is 9.37. The normalized spacial score (nSPS) is 11.6. The number of aliphatic carboxylic acids is 1. The first-order chi connectivity index (χ1) is 15.0. The standard InChI is InChI=1S/C23H18N2O4S2.Na/c1-13-9-20(30-12-13)22(26)16(10-14-5-3-4-6-19(14)29-2)21(23(27)28)15-7-8-17-18(11-15)25-31-24-17;/h3-9,11-12H,10H2,1-2H3,(H,27,28);/q;+1/p-1. The zero-order chi connectivity index (χ0) is 22.0. The number of thiophene rings is 1. The van der Waals surface area contributed by atoms with Gasteiger partial charge in [0.25, 0.3) is 0 Å². The van der Waals surface area contributed by atoms with E-state index < -0.39 is 5.97 Å². The number of benzene rings is 2. The maximum Gasteiger partial charge on any atom is 1.00 e. The van der Waals surface area contributed by atoms with Gasteiger partial charge in [-0.05, 0) is 53.3 Å². The smallest absolute Gasteiger partial charge is 0.545 e. The Morgan fingerprint density at radius 3 is 2.50 bits per heavy atom. The van der Waals surface area contributed by atoms with Crippen molar-refractivity contribution in [2.75, 3.05) is 7.11 Å². The Kier molecular flexibility index (Phi) is 7.97. The van der Waals surface area contributed by atoms with Crippen LogP contribution in [0.5, 0.6) is 5.75 Å². The molecule has 0 N–H and O–H groups in total. The number of ether oxygens (including phenoxy) is 1. The van der Waals surface area contributed by atoms with Gasteiger partial charge in [-0.1, -0.05) is 24.3 Å². The van der Waals surface area contributed by atoms with Crippen molar-refractivity contribution in [1.29, 1.82) is 0 Å². The van der Waals surface area contributed by atoms with Crippen LogP contribution in [0.4, 0.5) is 0 Å². The molecule has 0 radical (unpaired) electrons. The molecule has 2 heterocycles. The number of para-hydroxylation sites is 1. The van der Waals surface area contributed by atoms with E-state index in [1.807, 2.05) is 30.5 Å². The zero-order valence-corrected chi connectivity index (χ0v) is 21.4. The Bertz CT molecular complexity index is 1330. The van der Waals surface area contributed by atoms with Crippen LogP contribution in [0.2, 0.25) is 0 Å². The van der Waals surface area contributed by atoms with Gasteiger partial charge < -0.3 is 14.6 Å². The van der Waals surface area contributed by atoms with E-state index in [1.54, 1.807) is 30.3 Å². The average molecular weight is 473 g/mol. The molecule has 2 aromatic carbocycles. The Hall–Kier alpha value is -2.36. The fourth-order valence-corrected chi connectivity index (χ4v) is 4.76. The van der Waals surface area contributed by atoms with E-state index in [-0.39, 0.29) is 52.9 Å². The molecule has 0 amide bonds. The summed E-state index contributed by atoms with van der Waals surface area (Å²) in [4.78, 5) is 26.3. The molecule has 4 aromatic rings. The van der Waals surface area contributed by atoms with Crippen molar-refractivity contribution in [3.8, 4) is 5.75 Å². The van der Waals surface area contributed by atoms with Crippen molar-refractivity contribution in [3.63, 3.8) is 0 Å². The minimum atomic E-state index is -1.42. The van der Waals surface area contributed by atoms with Crippen molar-refractivity contribution >= 4 is 51.4 Å². The second kappa shape index (κ2) is 10.5. The number of aryl methyl sites for hydroxylation is 1. The maximum atomic E-state index is 13.5. The van der Waals surface area contributed by atoms with Gasteiger partial charge >= 0.3 is 29.6 Å². The molecule has 0 atom stereocenters. The second-order valence-electron chi connectivity index (χ2n) is 6.91. The number of aromatic nitrogens is 2. The number of carboxylic acids is 1. The van der Waals surface area contributed by atoms with E-state index in [0.29, 0.717) is 32.8 Å². The van der Waals surface area contributed by atoms with E-state index >= 15 is 0 Å². The molecular formula is C23H17N2NaO4S2. The number of ketones is 1. The third-order valence-corrected chi connectivity index (χ3v) is 6.44. The van der Waals surface area contributed by atoms with Gasteiger partial charge in [0.05, 0.1) is 29.7 Å². The summed E-state index contributed by atoms with van der Waals surface area (Å²) in [5.74, 6) is -1.19. The first kappa shape index (κ1) is 24.3. The van der Waals surface area contributed by atoms with Gasteiger partial charge in [-0.2, -0.15) is 8.75 Å². The molecule has 6 nitrogen and oxygen atoms in total. The molecule has 0 unspecified atom stereocenters. The number of carboxylic acid groups (broad SMARTS) is 1. The summed E-state index contributed by atoms with van der Waals surface area (Å²) in [6.07, 6.45) is 0.0798. The van der Waals surface area contributed by atoms with Crippen LogP contribution in [-0.4, -0.2) is 27.6 Å². The van der Waals surface area contributed by atoms with Gasteiger partial charge in [0.2, 0.25) is 0 Å². The van der Waals surface area contributed by atoms with Gasteiger partial charge in [0, 0.05) is 17.6 Å². The molecule has 0 aliphatic rings. The number of hydrogen-bond acceptors (Lipinski definition) is 8. The van der Waals surface area contributed by atoms with E-state index in [4.69, 9.17) is 4.74 Å². The molecule has 4 rings (SSSR count). The topological polar surface area (TPSA) is 92.2 Å². The number of carbonyl (C=O) groups excluding carboxylic acids is 2. The summed E-state index contributed by atoms with van der Waals surface area (Å²) in [7, 11) is 1.54. The quantitative estimate of drug-likeness (QED) is 0.223. The third kappa shape index (κ3) is 5.00. The van der Waals surface area contributed by atoms with Crippen LogP contribution in [0.3, 0.4) is 0 Å². The summed E-state index contributed by atoms with van der Waals surface area (Å²) in [5.41, 5.74) is 3.21. The predicted octanol–water partition coefficient (Wildman–Crippen LogP) is 0.703. The minimum Gasteiger partial charge on any atom is -0.545 e. The fraction of sp³-hybridized carbons (Fsp3) is 0.130. The molecule has 0 saturated carbocycles. The molecule has 9 heteroatoms. The van der Waals surface area contributed by atoms with Crippen LogP contribution >= 0.6 is 23.1 Å². The fourth-order valence-electron chi connectivity index (χ4n) is 3.37. The summed E-state index contributed by atoms with van der Waals surface area (Å²) in [6, 6.07) is 13.9. The number of methoxy groups -OCH3 is 1. The van der Waals surface area contributed by atoms with Crippen LogP contribution in [0.1, 0.15) is 26.4 Å². The van der Waals surface area contributed by atoms with Gasteiger partial charge in [-0.3, -0.25) is 4.79 Å². The summed E-state index contributed by atoms with van der Waals surface area (Å²) < 4.78 is 13.8. The van der Waals surface area contributed by atoms with Crippen molar-refractivity contribution in [2.24, 2.45) is 0 Å². The van der Waals surface area contributed by atoms with Crippen LogP contribution in [0.25, 0.3) is 16.6 Å². The number of nitrogens with zero attached hydrogens (tertiary/aromatic N) is 2. The van der Waals surface area contributed by atoms with E-state index in [0.717, 1.165) is 17.3 Å². The number of carbonyl (C=O) groups is 2. The van der Waals surface area contributed by atoms with Crippen molar-refractivity contribution in [3.05, 3.63) is 81.1 Å².